The third-order valence-corrected chi connectivity index (χ3v) is 4.53. The zero-order valence-electron chi connectivity index (χ0n) is 12.5. The number of hydrogen-bond acceptors (Lipinski definition) is 3. The maximum absolute atomic E-state index is 12.6. The monoisotopic (exact) mass is 301 g/mol. The molecule has 0 spiro atoms. The van der Waals surface area contributed by atoms with Gasteiger partial charge in [0.05, 0.1) is 0 Å². The first-order valence-electron chi connectivity index (χ1n) is 7.46. The first-order valence-corrected chi connectivity index (χ1v) is 7.46. The summed E-state index contributed by atoms with van der Waals surface area (Å²) in [6.07, 6.45) is 3.17. The zero-order chi connectivity index (χ0) is 15.9. The Balaban J connectivity index is 1.88. The van der Waals surface area contributed by atoms with Crippen molar-refractivity contribution in [3.05, 3.63) is 34.9 Å². The molecule has 4 amide bonds. The fourth-order valence-electron chi connectivity index (χ4n) is 3.20. The van der Waals surface area contributed by atoms with Crippen LogP contribution < -0.4 is 11.1 Å². The van der Waals surface area contributed by atoms with Crippen LogP contribution in [0.1, 0.15) is 36.5 Å². The summed E-state index contributed by atoms with van der Waals surface area (Å²) in [4.78, 5) is 36.7. The lowest BCUT2D eigenvalue weighted by Gasteiger charge is -2.23. The number of nitrogens with two attached hydrogens (primary N) is 1. The number of hydrogen-bond donors (Lipinski definition) is 2. The average molecular weight is 301 g/mol. The summed E-state index contributed by atoms with van der Waals surface area (Å²) >= 11 is 0. The molecule has 1 aromatic rings. The summed E-state index contributed by atoms with van der Waals surface area (Å²) in [5, 5.41) is 2.75. The number of imide groups is 1. The molecule has 6 heteroatoms. The summed E-state index contributed by atoms with van der Waals surface area (Å²) in [6.45, 7) is 1.72. The van der Waals surface area contributed by atoms with E-state index < -0.39 is 17.5 Å². The van der Waals surface area contributed by atoms with Crippen molar-refractivity contribution in [3.8, 4) is 0 Å². The Hall–Kier alpha value is -2.37. The number of urea groups is 1. The summed E-state index contributed by atoms with van der Waals surface area (Å²) in [6, 6.07) is 5.47. The maximum Gasteiger partial charge on any atom is 0.325 e. The van der Waals surface area contributed by atoms with Gasteiger partial charge in [-0.3, -0.25) is 14.5 Å². The zero-order valence-corrected chi connectivity index (χ0v) is 12.5. The number of fused-ring (bicyclic) bond motifs is 1. The molecular weight excluding hydrogens is 282 g/mol. The van der Waals surface area contributed by atoms with Gasteiger partial charge in [0.15, 0.2) is 0 Å². The van der Waals surface area contributed by atoms with E-state index in [0.29, 0.717) is 0 Å². The van der Waals surface area contributed by atoms with Gasteiger partial charge in [0.1, 0.15) is 5.54 Å². The average Bonchev–Trinajstić information content (AvgIpc) is 3.01. The number of amides is 4. The Labute approximate surface area is 128 Å². The molecular formula is C16H19N3O3. The van der Waals surface area contributed by atoms with Crippen LogP contribution in [-0.2, 0) is 28.0 Å². The molecule has 22 heavy (non-hydrogen) atoms. The largest absolute Gasteiger partial charge is 0.370 e. The number of carbonyl (C=O) groups is 3. The smallest absolute Gasteiger partial charge is 0.325 e. The van der Waals surface area contributed by atoms with Crippen molar-refractivity contribution in [2.45, 2.75) is 38.1 Å². The fraction of sp³-hybridized carbons (Fsp3) is 0.438. The third-order valence-electron chi connectivity index (χ3n) is 4.53. The van der Waals surface area contributed by atoms with Crippen LogP contribution in [0.4, 0.5) is 4.79 Å². The molecule has 0 saturated carbocycles. The van der Waals surface area contributed by atoms with E-state index in [1.165, 1.54) is 11.1 Å². The van der Waals surface area contributed by atoms with Crippen molar-refractivity contribution in [1.82, 2.24) is 10.2 Å². The topological polar surface area (TPSA) is 92.5 Å². The first-order chi connectivity index (χ1) is 10.4. The molecule has 0 radical (unpaired) electrons. The Morgan fingerprint density at radius 3 is 2.77 bits per heavy atom. The van der Waals surface area contributed by atoms with Gasteiger partial charge in [-0.2, -0.15) is 0 Å². The summed E-state index contributed by atoms with van der Waals surface area (Å²) in [5.41, 5.74) is 7.36. The van der Waals surface area contributed by atoms with E-state index >= 15 is 0 Å². The van der Waals surface area contributed by atoms with Gasteiger partial charge in [-0.1, -0.05) is 18.2 Å². The molecule has 1 fully saturated rings. The van der Waals surface area contributed by atoms with Gasteiger partial charge < -0.3 is 11.1 Å². The van der Waals surface area contributed by atoms with E-state index in [1.807, 2.05) is 18.2 Å². The standard InChI is InChI=1S/C16H19N3O3/c1-16(12-6-5-10-3-2-4-11(10)9-12)14(21)19(15(22)18-16)8-7-13(17)20/h5-6,9H,2-4,7-8H2,1H3,(H2,17,20)(H,18,22)/t16-/m1/s1. The summed E-state index contributed by atoms with van der Waals surface area (Å²) < 4.78 is 0. The molecule has 0 aromatic heterocycles. The molecule has 1 saturated heterocycles. The fourth-order valence-corrected chi connectivity index (χ4v) is 3.20. The van der Waals surface area contributed by atoms with Crippen LogP contribution in [-0.4, -0.2) is 29.3 Å². The number of rotatable bonds is 4. The predicted octanol–water partition coefficient (Wildman–Crippen LogP) is 0.818. The number of carbonyl (C=O) groups excluding carboxylic acids is 3. The van der Waals surface area contributed by atoms with Crippen LogP contribution in [0.3, 0.4) is 0 Å². The lowest BCUT2D eigenvalue weighted by Crippen LogP contribution is -2.41. The van der Waals surface area contributed by atoms with Gasteiger partial charge in [0.2, 0.25) is 5.91 Å². The molecule has 0 bridgehead atoms. The van der Waals surface area contributed by atoms with Gasteiger partial charge >= 0.3 is 6.03 Å². The Kier molecular flexibility index (Phi) is 3.39. The quantitative estimate of drug-likeness (QED) is 0.806. The molecule has 1 aromatic carbocycles. The van der Waals surface area contributed by atoms with Gasteiger partial charge in [0, 0.05) is 13.0 Å². The van der Waals surface area contributed by atoms with E-state index in [2.05, 4.69) is 5.32 Å². The summed E-state index contributed by atoms with van der Waals surface area (Å²) in [5.74, 6) is -0.872. The molecule has 2 aliphatic rings. The molecule has 116 valence electrons. The predicted molar refractivity (Wildman–Crippen MR) is 79.9 cm³/mol. The van der Waals surface area contributed by atoms with E-state index in [4.69, 9.17) is 5.73 Å². The van der Waals surface area contributed by atoms with Crippen LogP contribution in [0, 0.1) is 0 Å². The highest BCUT2D eigenvalue weighted by Gasteiger charge is 2.48. The van der Waals surface area contributed by atoms with Crippen LogP contribution >= 0.6 is 0 Å². The van der Waals surface area contributed by atoms with Gasteiger partial charge in [-0.25, -0.2) is 4.79 Å². The highest BCUT2D eigenvalue weighted by Crippen LogP contribution is 2.32. The van der Waals surface area contributed by atoms with E-state index in [0.717, 1.165) is 29.7 Å². The minimum atomic E-state index is -1.08. The van der Waals surface area contributed by atoms with Crippen LogP contribution in [0.15, 0.2) is 18.2 Å². The van der Waals surface area contributed by atoms with Gasteiger partial charge in [0.25, 0.3) is 5.91 Å². The van der Waals surface area contributed by atoms with Gasteiger partial charge in [-0.05, 0) is 42.9 Å². The lowest BCUT2D eigenvalue weighted by molar-refractivity contribution is -0.131. The molecule has 1 heterocycles. The second-order valence-corrected chi connectivity index (χ2v) is 6.07. The first kappa shape index (κ1) is 14.6. The van der Waals surface area contributed by atoms with Crippen LogP contribution in [0.25, 0.3) is 0 Å². The molecule has 0 unspecified atom stereocenters. The third kappa shape index (κ3) is 2.24. The van der Waals surface area contributed by atoms with Gasteiger partial charge in [-0.15, -0.1) is 0 Å². The van der Waals surface area contributed by atoms with E-state index in [1.54, 1.807) is 6.92 Å². The molecule has 1 aliphatic carbocycles. The lowest BCUT2D eigenvalue weighted by atomic mass is 9.89. The number of benzene rings is 1. The minimum Gasteiger partial charge on any atom is -0.370 e. The van der Waals surface area contributed by atoms with Crippen molar-refractivity contribution in [1.29, 1.82) is 0 Å². The Bertz CT molecular complexity index is 671. The number of nitrogens with one attached hydrogen (secondary N) is 1. The molecule has 3 N–H and O–H groups in total. The van der Waals surface area contributed by atoms with Crippen LogP contribution in [0.5, 0.6) is 0 Å². The number of primary amides is 1. The minimum absolute atomic E-state index is 0.0144. The highest BCUT2D eigenvalue weighted by molar-refractivity contribution is 6.07. The molecule has 3 rings (SSSR count). The van der Waals surface area contributed by atoms with E-state index in [-0.39, 0.29) is 18.9 Å². The highest BCUT2D eigenvalue weighted by atomic mass is 16.2. The molecule has 1 aliphatic heterocycles. The normalized spacial score (nSPS) is 23.6. The van der Waals surface area contributed by atoms with Crippen LogP contribution in [0.2, 0.25) is 0 Å². The number of nitrogens with zero attached hydrogens (tertiary/aromatic N) is 1. The molecule has 6 nitrogen and oxygen atoms in total. The SMILES string of the molecule is C[C@]1(c2ccc3c(c2)CCC3)NC(=O)N(CCC(N)=O)C1=O. The second-order valence-electron chi connectivity index (χ2n) is 6.07. The van der Waals surface area contributed by atoms with Crippen molar-refractivity contribution >= 4 is 17.8 Å². The van der Waals surface area contributed by atoms with E-state index in [9.17, 15) is 14.4 Å². The van der Waals surface area contributed by atoms with Crippen molar-refractivity contribution in [2.75, 3.05) is 6.54 Å². The maximum atomic E-state index is 12.6. The summed E-state index contributed by atoms with van der Waals surface area (Å²) in [7, 11) is 0. The number of aryl methyl sites for hydroxylation is 2. The van der Waals surface area contributed by atoms with Crippen molar-refractivity contribution in [2.24, 2.45) is 5.73 Å². The Morgan fingerprint density at radius 1 is 1.32 bits per heavy atom. The molecule has 1 atom stereocenters. The van der Waals surface area contributed by atoms with Crippen molar-refractivity contribution in [3.63, 3.8) is 0 Å². The second kappa shape index (κ2) is 5.12. The van der Waals surface area contributed by atoms with Crippen molar-refractivity contribution < 1.29 is 14.4 Å². The Morgan fingerprint density at radius 2 is 2.05 bits per heavy atom.